The van der Waals surface area contributed by atoms with Crippen LogP contribution >= 0.6 is 0 Å². The van der Waals surface area contributed by atoms with Crippen molar-refractivity contribution in [3.8, 4) is 11.6 Å². The molecule has 0 aliphatic carbocycles. The van der Waals surface area contributed by atoms with Crippen LogP contribution in [-0.4, -0.2) is 32.2 Å². The van der Waals surface area contributed by atoms with E-state index in [2.05, 4.69) is 19.7 Å². The van der Waals surface area contributed by atoms with Gasteiger partial charge in [-0.2, -0.15) is 0 Å². The van der Waals surface area contributed by atoms with E-state index in [1.807, 2.05) is 31.2 Å². The third-order valence-corrected chi connectivity index (χ3v) is 5.37. The van der Waals surface area contributed by atoms with Crippen molar-refractivity contribution < 1.29 is 14.3 Å². The topological polar surface area (TPSA) is 121 Å². The molecule has 2 aromatic carbocycles. The van der Waals surface area contributed by atoms with Crippen LogP contribution in [0.3, 0.4) is 0 Å². The fourth-order valence-electron chi connectivity index (χ4n) is 3.46. The molecule has 0 amide bonds. The van der Waals surface area contributed by atoms with E-state index in [4.69, 9.17) is 4.74 Å². The minimum absolute atomic E-state index is 0.130. The smallest absolute Gasteiger partial charge is 0.356 e. The Morgan fingerprint density at radius 2 is 1.72 bits per heavy atom. The largest absolute Gasteiger partial charge is 0.464 e. The molecule has 4 rings (SSSR count). The zero-order valence-corrected chi connectivity index (χ0v) is 20.1. The molecule has 0 saturated heterocycles. The lowest BCUT2D eigenvalue weighted by atomic mass is 10.1. The number of ether oxygens (including phenoxy) is 2. The first-order valence-electron chi connectivity index (χ1n) is 11.3. The summed E-state index contributed by atoms with van der Waals surface area (Å²) in [7, 11) is 1.28. The number of H-pyrrole nitrogens is 1. The number of pyridine rings is 1. The summed E-state index contributed by atoms with van der Waals surface area (Å²) in [5, 5.41) is 0. The number of esters is 1. The molecule has 10 nitrogen and oxygen atoms in total. The minimum Gasteiger partial charge on any atom is -0.464 e. The SMILES string of the molecule is CCn1c(=O)[nH]/c(=N\c2ccc(Oc3cccc(C(=O)OC)n3)cc2)n(Cc2ccc(C)cc2)c1=O. The molecule has 0 fully saturated rings. The number of nitrogens with one attached hydrogen (secondary N) is 1. The van der Waals surface area contributed by atoms with Crippen molar-refractivity contribution >= 4 is 11.7 Å². The van der Waals surface area contributed by atoms with E-state index in [9.17, 15) is 14.4 Å². The van der Waals surface area contributed by atoms with E-state index in [0.717, 1.165) is 15.7 Å². The summed E-state index contributed by atoms with van der Waals surface area (Å²) in [5.74, 6) is 0.129. The van der Waals surface area contributed by atoms with E-state index in [0.29, 0.717) is 11.4 Å². The van der Waals surface area contributed by atoms with Gasteiger partial charge in [0.25, 0.3) is 0 Å². The number of benzene rings is 2. The normalized spacial score (nSPS) is 11.4. The molecule has 0 aliphatic heterocycles. The number of rotatable bonds is 7. The molecule has 0 unspecified atom stereocenters. The van der Waals surface area contributed by atoms with Crippen molar-refractivity contribution in [3.63, 3.8) is 0 Å². The van der Waals surface area contributed by atoms with Crippen LogP contribution in [0, 0.1) is 6.92 Å². The maximum absolute atomic E-state index is 13.0. The van der Waals surface area contributed by atoms with Crippen LogP contribution in [0.4, 0.5) is 5.69 Å². The summed E-state index contributed by atoms with van der Waals surface area (Å²) in [5.41, 5.74) is 1.80. The summed E-state index contributed by atoms with van der Waals surface area (Å²) in [4.78, 5) is 48.5. The number of aromatic amines is 1. The molecule has 184 valence electrons. The zero-order chi connectivity index (χ0) is 25.7. The van der Waals surface area contributed by atoms with Gasteiger partial charge in [-0.25, -0.2) is 28.9 Å². The van der Waals surface area contributed by atoms with Gasteiger partial charge in [0.05, 0.1) is 19.3 Å². The number of carbonyl (C=O) groups is 1. The lowest BCUT2D eigenvalue weighted by molar-refractivity contribution is 0.0593. The van der Waals surface area contributed by atoms with E-state index < -0.39 is 17.3 Å². The standard InChI is InChI=1S/C26H25N5O5/c1-4-30-25(33)29-24(31(26(30)34)16-18-10-8-17(2)9-11-18)27-19-12-14-20(15-13-19)36-22-7-5-6-21(28-22)23(32)35-3/h5-15H,4,16H2,1-3H3,(H,27,29,33). The number of aryl methyl sites for hydroxylation is 1. The molecular formula is C26H25N5O5. The molecule has 4 aromatic rings. The van der Waals surface area contributed by atoms with Crippen LogP contribution in [-0.2, 0) is 17.8 Å². The maximum atomic E-state index is 13.0. The second-order valence-corrected chi connectivity index (χ2v) is 7.91. The molecular weight excluding hydrogens is 462 g/mol. The van der Waals surface area contributed by atoms with Gasteiger partial charge in [-0.1, -0.05) is 35.9 Å². The van der Waals surface area contributed by atoms with Crippen molar-refractivity contribution in [1.29, 1.82) is 0 Å². The predicted molar refractivity (Wildman–Crippen MR) is 133 cm³/mol. The Balaban J connectivity index is 1.66. The first-order chi connectivity index (χ1) is 17.4. The van der Waals surface area contributed by atoms with Crippen LogP contribution in [0.1, 0.15) is 28.5 Å². The Morgan fingerprint density at radius 1 is 1.00 bits per heavy atom. The number of nitrogens with zero attached hydrogens (tertiary/aromatic N) is 4. The van der Waals surface area contributed by atoms with E-state index in [-0.39, 0.29) is 30.3 Å². The molecule has 10 heteroatoms. The third kappa shape index (κ3) is 5.49. The van der Waals surface area contributed by atoms with Crippen molar-refractivity contribution in [2.24, 2.45) is 4.99 Å². The predicted octanol–water partition coefficient (Wildman–Crippen LogP) is 2.92. The van der Waals surface area contributed by atoms with Gasteiger partial charge in [0.1, 0.15) is 5.75 Å². The molecule has 0 radical (unpaired) electrons. The van der Waals surface area contributed by atoms with Gasteiger partial charge in [-0.05, 0) is 49.7 Å². The summed E-state index contributed by atoms with van der Waals surface area (Å²) in [6.07, 6.45) is 0. The highest BCUT2D eigenvalue weighted by Crippen LogP contribution is 2.22. The number of methoxy groups -OCH3 is 1. The van der Waals surface area contributed by atoms with E-state index in [1.54, 1.807) is 43.3 Å². The highest BCUT2D eigenvalue weighted by atomic mass is 16.5. The maximum Gasteiger partial charge on any atom is 0.356 e. The summed E-state index contributed by atoms with van der Waals surface area (Å²) >= 11 is 0. The van der Waals surface area contributed by atoms with Crippen molar-refractivity contribution in [1.82, 2.24) is 19.1 Å². The van der Waals surface area contributed by atoms with Crippen LogP contribution in [0.25, 0.3) is 0 Å². The molecule has 2 heterocycles. The van der Waals surface area contributed by atoms with Gasteiger partial charge < -0.3 is 9.47 Å². The Labute approximate surface area is 206 Å². The zero-order valence-electron chi connectivity index (χ0n) is 20.1. The Bertz CT molecular complexity index is 1560. The average molecular weight is 488 g/mol. The summed E-state index contributed by atoms with van der Waals surface area (Å²) in [6, 6.07) is 19.3. The first-order valence-corrected chi connectivity index (χ1v) is 11.3. The van der Waals surface area contributed by atoms with Crippen molar-refractivity contribution in [2.75, 3.05) is 7.11 Å². The molecule has 2 aromatic heterocycles. The molecule has 0 bridgehead atoms. The molecule has 1 N–H and O–H groups in total. The summed E-state index contributed by atoms with van der Waals surface area (Å²) < 4.78 is 13.0. The van der Waals surface area contributed by atoms with E-state index in [1.165, 1.54) is 17.7 Å². The number of hydrogen-bond donors (Lipinski definition) is 1. The van der Waals surface area contributed by atoms with Crippen LogP contribution in [0.2, 0.25) is 0 Å². The fraction of sp³-hybridized carbons (Fsp3) is 0.192. The van der Waals surface area contributed by atoms with Crippen molar-refractivity contribution in [2.45, 2.75) is 26.9 Å². The quantitative estimate of drug-likeness (QED) is 0.400. The Morgan fingerprint density at radius 3 is 2.39 bits per heavy atom. The van der Waals surface area contributed by atoms with Crippen LogP contribution in [0.15, 0.2) is 81.3 Å². The molecule has 0 atom stereocenters. The average Bonchev–Trinajstić information content (AvgIpc) is 2.88. The highest BCUT2D eigenvalue weighted by Gasteiger charge is 2.10. The fourth-order valence-corrected chi connectivity index (χ4v) is 3.46. The van der Waals surface area contributed by atoms with Gasteiger partial charge in [-0.15, -0.1) is 0 Å². The minimum atomic E-state index is -0.562. The second-order valence-electron chi connectivity index (χ2n) is 7.91. The number of carbonyl (C=O) groups excluding carboxylic acids is 1. The number of aromatic nitrogens is 4. The summed E-state index contributed by atoms with van der Waals surface area (Å²) in [6.45, 7) is 4.21. The van der Waals surface area contributed by atoms with Gasteiger partial charge in [0.15, 0.2) is 5.69 Å². The first kappa shape index (κ1) is 24.4. The molecule has 36 heavy (non-hydrogen) atoms. The Kier molecular flexibility index (Phi) is 7.24. The third-order valence-electron chi connectivity index (χ3n) is 5.37. The lowest BCUT2D eigenvalue weighted by Crippen LogP contribution is -2.49. The molecule has 0 saturated carbocycles. The molecule has 0 spiro atoms. The Hall–Kier alpha value is -4.73. The highest BCUT2D eigenvalue weighted by molar-refractivity contribution is 5.87. The van der Waals surface area contributed by atoms with E-state index >= 15 is 0 Å². The van der Waals surface area contributed by atoms with Crippen LogP contribution in [0.5, 0.6) is 11.6 Å². The van der Waals surface area contributed by atoms with Crippen molar-refractivity contribution in [3.05, 3.63) is 110 Å². The van der Waals surface area contributed by atoms with Gasteiger partial charge in [-0.3, -0.25) is 9.55 Å². The van der Waals surface area contributed by atoms with Crippen LogP contribution < -0.4 is 21.7 Å². The second kappa shape index (κ2) is 10.7. The lowest BCUT2D eigenvalue weighted by Gasteiger charge is -2.10. The van der Waals surface area contributed by atoms with Gasteiger partial charge in [0, 0.05) is 12.6 Å². The number of hydrogen-bond acceptors (Lipinski definition) is 7. The van der Waals surface area contributed by atoms with Gasteiger partial charge >= 0.3 is 17.3 Å². The molecule has 0 aliphatic rings. The monoisotopic (exact) mass is 487 g/mol. The van der Waals surface area contributed by atoms with Gasteiger partial charge in [0.2, 0.25) is 11.5 Å².